The fraction of sp³-hybridized carbons (Fsp3) is 0.409. The minimum absolute atomic E-state index is 0.131. The van der Waals surface area contributed by atoms with Crippen LogP contribution in [0.1, 0.15) is 47.6 Å². The molecule has 0 aromatic heterocycles. The van der Waals surface area contributed by atoms with E-state index in [1.54, 1.807) is 19.2 Å². The lowest BCUT2D eigenvalue weighted by Crippen LogP contribution is -2.38. The monoisotopic (exact) mass is 386 g/mol. The van der Waals surface area contributed by atoms with Gasteiger partial charge in [0, 0.05) is 6.54 Å². The number of carbonyl (C=O) groups excluding carboxylic acids is 1. The topological polar surface area (TPSA) is 41.6 Å². The van der Waals surface area contributed by atoms with Gasteiger partial charge in [-0.2, -0.15) is 0 Å². The third-order valence-electron chi connectivity index (χ3n) is 5.16. The van der Waals surface area contributed by atoms with Crippen molar-refractivity contribution in [2.24, 2.45) is 0 Å². The minimum Gasteiger partial charge on any atom is -0.497 e. The largest absolute Gasteiger partial charge is 0.497 e. The molecule has 5 heteroatoms. The molecule has 1 saturated heterocycles. The summed E-state index contributed by atoms with van der Waals surface area (Å²) in [7, 11) is 1.67. The summed E-state index contributed by atoms with van der Waals surface area (Å²) in [4.78, 5) is 15.1. The van der Waals surface area contributed by atoms with Crippen molar-refractivity contribution >= 4 is 17.5 Å². The number of likely N-dealkylation sites (tertiary alicyclic amines) is 1. The maximum absolute atomic E-state index is 12.6. The Morgan fingerprint density at radius 1 is 1.07 bits per heavy atom. The van der Waals surface area contributed by atoms with Gasteiger partial charge in [0.15, 0.2) is 0 Å². The molecule has 1 fully saturated rings. The van der Waals surface area contributed by atoms with Crippen LogP contribution in [0, 0.1) is 0 Å². The van der Waals surface area contributed by atoms with E-state index in [0.717, 1.165) is 18.8 Å². The van der Waals surface area contributed by atoms with E-state index in [1.807, 2.05) is 24.3 Å². The lowest BCUT2D eigenvalue weighted by atomic mass is 10.0. The minimum atomic E-state index is -0.131. The first kappa shape index (κ1) is 19.7. The van der Waals surface area contributed by atoms with E-state index >= 15 is 0 Å². The summed E-state index contributed by atoms with van der Waals surface area (Å²) >= 11 is 6.17. The van der Waals surface area contributed by atoms with Gasteiger partial charge in [0.05, 0.1) is 23.7 Å². The van der Waals surface area contributed by atoms with E-state index in [4.69, 9.17) is 16.3 Å². The van der Waals surface area contributed by atoms with Crippen molar-refractivity contribution in [3.05, 3.63) is 64.7 Å². The number of ether oxygens (including phenoxy) is 1. The standard InChI is InChI=1S/C22H27ClN2O2/c1-27-18-12-10-17(11-13-18)21(25-14-6-2-3-7-15-25)16-24-22(26)19-8-4-5-9-20(19)23/h4-5,8-13,21H,2-3,6-7,14-16H2,1H3,(H,24,26). The molecule has 144 valence electrons. The maximum Gasteiger partial charge on any atom is 0.252 e. The molecule has 3 rings (SSSR count). The molecule has 0 radical (unpaired) electrons. The number of methoxy groups -OCH3 is 1. The maximum atomic E-state index is 12.6. The number of nitrogens with one attached hydrogen (secondary N) is 1. The van der Waals surface area contributed by atoms with Gasteiger partial charge < -0.3 is 10.1 Å². The summed E-state index contributed by atoms with van der Waals surface area (Å²) in [5.74, 6) is 0.711. The van der Waals surface area contributed by atoms with Crippen LogP contribution in [0.3, 0.4) is 0 Å². The summed E-state index contributed by atoms with van der Waals surface area (Å²) < 4.78 is 5.29. The predicted octanol–water partition coefficient (Wildman–Crippen LogP) is 4.70. The average Bonchev–Trinajstić information content (AvgIpc) is 2.98. The number of hydrogen-bond acceptors (Lipinski definition) is 3. The smallest absolute Gasteiger partial charge is 0.252 e. The lowest BCUT2D eigenvalue weighted by molar-refractivity contribution is 0.0933. The predicted molar refractivity (Wildman–Crippen MR) is 110 cm³/mol. The van der Waals surface area contributed by atoms with Crippen LogP contribution in [0.4, 0.5) is 0 Å². The molecule has 1 amide bonds. The zero-order valence-electron chi connectivity index (χ0n) is 15.8. The third-order valence-corrected chi connectivity index (χ3v) is 5.49. The molecule has 27 heavy (non-hydrogen) atoms. The fourth-order valence-corrected chi connectivity index (χ4v) is 3.84. The second-order valence-corrected chi connectivity index (χ2v) is 7.34. The molecule has 0 spiro atoms. The molecule has 4 nitrogen and oxygen atoms in total. The van der Waals surface area contributed by atoms with Gasteiger partial charge in [0.25, 0.3) is 5.91 Å². The van der Waals surface area contributed by atoms with Crippen LogP contribution in [0.5, 0.6) is 5.75 Å². The summed E-state index contributed by atoms with van der Waals surface area (Å²) in [6, 6.07) is 15.4. The van der Waals surface area contributed by atoms with Crippen molar-refractivity contribution < 1.29 is 9.53 Å². The molecule has 2 aromatic carbocycles. The highest BCUT2D eigenvalue weighted by Gasteiger charge is 2.23. The molecule has 0 aliphatic carbocycles. The zero-order valence-corrected chi connectivity index (χ0v) is 16.5. The second kappa shape index (κ2) is 9.77. The van der Waals surface area contributed by atoms with E-state index in [0.29, 0.717) is 17.1 Å². The number of halogens is 1. The van der Waals surface area contributed by atoms with Gasteiger partial charge in [-0.05, 0) is 55.8 Å². The molecule has 1 aliphatic rings. The first-order valence-electron chi connectivity index (χ1n) is 9.60. The Kier molecular flexibility index (Phi) is 7.13. The molecule has 1 heterocycles. The summed E-state index contributed by atoms with van der Waals surface area (Å²) in [5.41, 5.74) is 1.71. The van der Waals surface area contributed by atoms with Crippen LogP contribution in [-0.4, -0.2) is 37.6 Å². The van der Waals surface area contributed by atoms with Crippen molar-refractivity contribution in [2.75, 3.05) is 26.7 Å². The van der Waals surface area contributed by atoms with E-state index in [-0.39, 0.29) is 11.9 Å². The number of amides is 1. The van der Waals surface area contributed by atoms with E-state index in [2.05, 4.69) is 22.3 Å². The van der Waals surface area contributed by atoms with Crippen LogP contribution < -0.4 is 10.1 Å². The van der Waals surface area contributed by atoms with E-state index in [9.17, 15) is 4.79 Å². The molecule has 1 atom stereocenters. The first-order chi connectivity index (χ1) is 13.2. The van der Waals surface area contributed by atoms with Crippen molar-refractivity contribution in [3.8, 4) is 5.75 Å². The summed E-state index contributed by atoms with van der Waals surface area (Å²) in [5, 5.41) is 3.57. The summed E-state index contributed by atoms with van der Waals surface area (Å²) in [6.07, 6.45) is 4.95. The van der Waals surface area contributed by atoms with Gasteiger partial charge >= 0.3 is 0 Å². The van der Waals surface area contributed by atoms with Crippen LogP contribution in [0.25, 0.3) is 0 Å². The molecule has 1 N–H and O–H groups in total. The van der Waals surface area contributed by atoms with Crippen LogP contribution >= 0.6 is 11.6 Å². The highest BCUT2D eigenvalue weighted by atomic mass is 35.5. The Balaban J connectivity index is 1.76. The Morgan fingerprint density at radius 2 is 1.74 bits per heavy atom. The SMILES string of the molecule is COc1ccc(C(CNC(=O)c2ccccc2Cl)N2CCCCCC2)cc1. The van der Waals surface area contributed by atoms with Gasteiger partial charge in [-0.1, -0.05) is 48.7 Å². The second-order valence-electron chi connectivity index (χ2n) is 6.93. The van der Waals surface area contributed by atoms with E-state index in [1.165, 1.54) is 31.2 Å². The lowest BCUT2D eigenvalue weighted by Gasteiger charge is -2.31. The quantitative estimate of drug-likeness (QED) is 0.782. The van der Waals surface area contributed by atoms with Crippen LogP contribution in [0.15, 0.2) is 48.5 Å². The Bertz CT molecular complexity index is 740. The van der Waals surface area contributed by atoms with E-state index < -0.39 is 0 Å². The Labute approximate surface area is 166 Å². The van der Waals surface area contributed by atoms with Gasteiger partial charge in [-0.15, -0.1) is 0 Å². The van der Waals surface area contributed by atoms with Crippen LogP contribution in [0.2, 0.25) is 5.02 Å². The van der Waals surface area contributed by atoms with Crippen LogP contribution in [-0.2, 0) is 0 Å². The molecule has 0 bridgehead atoms. The van der Waals surface area contributed by atoms with Gasteiger partial charge in [0.2, 0.25) is 0 Å². The number of carbonyl (C=O) groups is 1. The molecule has 1 aliphatic heterocycles. The van der Waals surface area contributed by atoms with Crippen molar-refractivity contribution in [1.82, 2.24) is 10.2 Å². The van der Waals surface area contributed by atoms with Crippen molar-refractivity contribution in [1.29, 1.82) is 0 Å². The zero-order chi connectivity index (χ0) is 19.1. The highest BCUT2D eigenvalue weighted by molar-refractivity contribution is 6.33. The number of benzene rings is 2. The normalized spacial score (nSPS) is 16.4. The summed E-state index contributed by atoms with van der Waals surface area (Å²) in [6.45, 7) is 2.66. The number of rotatable bonds is 6. The van der Waals surface area contributed by atoms with Crippen molar-refractivity contribution in [2.45, 2.75) is 31.7 Å². The van der Waals surface area contributed by atoms with Crippen molar-refractivity contribution in [3.63, 3.8) is 0 Å². The number of hydrogen-bond donors (Lipinski definition) is 1. The molecule has 2 aromatic rings. The van der Waals surface area contributed by atoms with Gasteiger partial charge in [-0.3, -0.25) is 9.69 Å². The molecular formula is C22H27ClN2O2. The Hall–Kier alpha value is -2.04. The fourth-order valence-electron chi connectivity index (χ4n) is 3.62. The highest BCUT2D eigenvalue weighted by Crippen LogP contribution is 2.26. The average molecular weight is 387 g/mol. The molecular weight excluding hydrogens is 360 g/mol. The third kappa shape index (κ3) is 5.24. The number of nitrogens with zero attached hydrogens (tertiary/aromatic N) is 1. The first-order valence-corrected chi connectivity index (χ1v) is 9.97. The Morgan fingerprint density at radius 3 is 2.37 bits per heavy atom. The van der Waals surface area contributed by atoms with Gasteiger partial charge in [0.1, 0.15) is 5.75 Å². The molecule has 0 saturated carbocycles. The van der Waals surface area contributed by atoms with Gasteiger partial charge in [-0.25, -0.2) is 0 Å². The molecule has 1 unspecified atom stereocenters.